The second-order valence-corrected chi connectivity index (χ2v) is 8.48. The first-order chi connectivity index (χ1) is 13.2. The van der Waals surface area contributed by atoms with Gasteiger partial charge in [0, 0.05) is 11.6 Å². The summed E-state index contributed by atoms with van der Waals surface area (Å²) in [7, 11) is 0. The number of fused-ring (bicyclic) bond motifs is 1. The van der Waals surface area contributed by atoms with Crippen molar-refractivity contribution in [2.75, 3.05) is 39.5 Å². The van der Waals surface area contributed by atoms with Crippen LogP contribution in [0.3, 0.4) is 0 Å². The zero-order valence-electron chi connectivity index (χ0n) is 16.4. The van der Waals surface area contributed by atoms with Gasteiger partial charge in [0.15, 0.2) is 18.0 Å². The van der Waals surface area contributed by atoms with Crippen molar-refractivity contribution in [2.24, 2.45) is 5.92 Å². The van der Waals surface area contributed by atoms with Crippen LogP contribution in [0, 0.1) is 5.92 Å². The highest BCUT2D eigenvalue weighted by atomic mass is 16.7. The van der Waals surface area contributed by atoms with E-state index >= 15 is 0 Å². The third-order valence-corrected chi connectivity index (χ3v) is 6.42. The molecule has 3 aliphatic rings. The smallest absolute Gasteiger partial charge is 0.275 e. The highest BCUT2D eigenvalue weighted by Gasteiger charge is 2.28. The SMILES string of the molecule is C[C@@H]1CCCC[C@@H]1NC(=O)C[NH+]1CC[NH+](Cc2ccc3c(c2)OCO3)CC1. The quantitative estimate of drug-likeness (QED) is 0.644. The average molecular weight is 376 g/mol. The zero-order chi connectivity index (χ0) is 18.6. The molecule has 1 aromatic carbocycles. The maximum atomic E-state index is 12.4. The lowest BCUT2D eigenvalue weighted by molar-refractivity contribution is -1.02. The van der Waals surface area contributed by atoms with Crippen LogP contribution in [0.1, 0.15) is 38.2 Å². The first-order valence-electron chi connectivity index (χ1n) is 10.5. The monoisotopic (exact) mass is 375 g/mol. The molecule has 1 aliphatic carbocycles. The van der Waals surface area contributed by atoms with E-state index in [0.29, 0.717) is 25.3 Å². The molecule has 148 valence electrons. The first kappa shape index (κ1) is 18.6. The van der Waals surface area contributed by atoms with Gasteiger partial charge in [-0.2, -0.15) is 0 Å². The van der Waals surface area contributed by atoms with E-state index < -0.39 is 0 Å². The van der Waals surface area contributed by atoms with Crippen molar-refractivity contribution in [3.8, 4) is 11.5 Å². The molecule has 2 atom stereocenters. The summed E-state index contributed by atoms with van der Waals surface area (Å²) >= 11 is 0. The van der Waals surface area contributed by atoms with Crippen LogP contribution in [0.4, 0.5) is 0 Å². The summed E-state index contributed by atoms with van der Waals surface area (Å²) in [5.41, 5.74) is 1.29. The molecule has 6 nitrogen and oxygen atoms in total. The topological polar surface area (TPSA) is 56.4 Å². The number of hydrogen-bond donors (Lipinski definition) is 3. The Balaban J connectivity index is 1.20. The van der Waals surface area contributed by atoms with Crippen LogP contribution in [0.25, 0.3) is 0 Å². The molecule has 4 rings (SSSR count). The number of carbonyl (C=O) groups excluding carboxylic acids is 1. The molecule has 3 N–H and O–H groups in total. The Morgan fingerprint density at radius 1 is 1.07 bits per heavy atom. The molecular weight excluding hydrogens is 342 g/mol. The minimum Gasteiger partial charge on any atom is -0.454 e. The lowest BCUT2D eigenvalue weighted by atomic mass is 9.86. The van der Waals surface area contributed by atoms with Crippen molar-refractivity contribution in [3.05, 3.63) is 23.8 Å². The first-order valence-corrected chi connectivity index (χ1v) is 10.5. The second-order valence-electron chi connectivity index (χ2n) is 8.48. The Kier molecular flexibility index (Phi) is 5.83. The molecule has 2 aliphatic heterocycles. The predicted molar refractivity (Wildman–Crippen MR) is 102 cm³/mol. The van der Waals surface area contributed by atoms with E-state index in [4.69, 9.17) is 9.47 Å². The van der Waals surface area contributed by atoms with Gasteiger partial charge in [0.05, 0.1) is 0 Å². The Morgan fingerprint density at radius 2 is 1.81 bits per heavy atom. The molecular formula is C21H33N3O3+2. The molecule has 27 heavy (non-hydrogen) atoms. The summed E-state index contributed by atoms with van der Waals surface area (Å²) in [6.45, 7) is 8.58. The maximum absolute atomic E-state index is 12.4. The van der Waals surface area contributed by atoms with E-state index in [1.807, 2.05) is 6.07 Å². The van der Waals surface area contributed by atoms with Gasteiger partial charge < -0.3 is 24.6 Å². The summed E-state index contributed by atoms with van der Waals surface area (Å²) in [4.78, 5) is 15.4. The van der Waals surface area contributed by atoms with Crippen LogP contribution in [-0.2, 0) is 11.3 Å². The molecule has 1 aromatic rings. The molecule has 0 spiro atoms. The van der Waals surface area contributed by atoms with Gasteiger partial charge in [0.2, 0.25) is 6.79 Å². The van der Waals surface area contributed by atoms with E-state index in [-0.39, 0.29) is 5.91 Å². The Morgan fingerprint density at radius 3 is 2.63 bits per heavy atom. The number of nitrogens with one attached hydrogen (secondary N) is 3. The van der Waals surface area contributed by atoms with Crippen molar-refractivity contribution < 1.29 is 24.1 Å². The van der Waals surface area contributed by atoms with Crippen LogP contribution in [-0.4, -0.2) is 51.5 Å². The second kappa shape index (κ2) is 8.48. The number of benzene rings is 1. The van der Waals surface area contributed by atoms with E-state index in [0.717, 1.165) is 50.6 Å². The number of piperazine rings is 1. The van der Waals surface area contributed by atoms with Crippen LogP contribution in [0.2, 0.25) is 0 Å². The molecule has 1 saturated heterocycles. The van der Waals surface area contributed by atoms with Gasteiger partial charge in [-0.1, -0.05) is 19.8 Å². The third kappa shape index (κ3) is 4.74. The van der Waals surface area contributed by atoms with Gasteiger partial charge in [-0.25, -0.2) is 0 Å². The van der Waals surface area contributed by atoms with Crippen LogP contribution in [0.15, 0.2) is 18.2 Å². The van der Waals surface area contributed by atoms with Gasteiger partial charge in [-0.05, 0) is 37.0 Å². The molecule has 0 radical (unpaired) electrons. The Labute approximate surface area is 161 Å². The number of ether oxygens (including phenoxy) is 2. The molecule has 1 amide bonds. The fourth-order valence-electron chi connectivity index (χ4n) is 4.67. The number of hydrogen-bond acceptors (Lipinski definition) is 3. The lowest BCUT2D eigenvalue weighted by Crippen LogP contribution is -3.28. The van der Waals surface area contributed by atoms with Gasteiger partial charge in [0.1, 0.15) is 32.7 Å². The molecule has 6 heteroatoms. The number of amides is 1. The van der Waals surface area contributed by atoms with E-state index in [1.165, 1.54) is 29.7 Å². The van der Waals surface area contributed by atoms with E-state index in [9.17, 15) is 4.79 Å². The molecule has 1 saturated carbocycles. The van der Waals surface area contributed by atoms with Crippen molar-refractivity contribution in [1.82, 2.24) is 5.32 Å². The van der Waals surface area contributed by atoms with Gasteiger partial charge in [0.25, 0.3) is 5.91 Å². The van der Waals surface area contributed by atoms with Crippen molar-refractivity contribution >= 4 is 5.91 Å². The molecule has 2 fully saturated rings. The van der Waals surface area contributed by atoms with Gasteiger partial charge in [-0.15, -0.1) is 0 Å². The standard InChI is InChI=1S/C21H31N3O3/c1-16-4-2-3-5-18(16)22-21(25)14-24-10-8-23(9-11-24)13-17-6-7-19-20(12-17)27-15-26-19/h6-7,12,16,18H,2-5,8-11,13-15H2,1H3,(H,22,25)/p+2/t16-,18+/m1/s1. The summed E-state index contributed by atoms with van der Waals surface area (Å²) in [5, 5.41) is 3.30. The van der Waals surface area contributed by atoms with Crippen LogP contribution >= 0.6 is 0 Å². The van der Waals surface area contributed by atoms with Gasteiger partial charge in [-0.3, -0.25) is 4.79 Å². The summed E-state index contributed by atoms with van der Waals surface area (Å²) in [5.74, 6) is 2.58. The maximum Gasteiger partial charge on any atom is 0.275 e. The van der Waals surface area contributed by atoms with E-state index in [1.54, 1.807) is 4.90 Å². The minimum absolute atomic E-state index is 0.239. The molecule has 2 heterocycles. The molecule has 0 bridgehead atoms. The third-order valence-electron chi connectivity index (χ3n) is 6.42. The van der Waals surface area contributed by atoms with Crippen LogP contribution in [0.5, 0.6) is 11.5 Å². The lowest BCUT2D eigenvalue weighted by Gasteiger charge is -2.32. The van der Waals surface area contributed by atoms with E-state index in [2.05, 4.69) is 24.4 Å². The van der Waals surface area contributed by atoms with Crippen molar-refractivity contribution in [1.29, 1.82) is 0 Å². The Bertz CT molecular complexity index is 658. The number of rotatable bonds is 5. The Hall–Kier alpha value is -1.79. The van der Waals surface area contributed by atoms with Gasteiger partial charge >= 0.3 is 0 Å². The fourth-order valence-corrected chi connectivity index (χ4v) is 4.67. The average Bonchev–Trinajstić information content (AvgIpc) is 3.13. The minimum atomic E-state index is 0.239. The largest absolute Gasteiger partial charge is 0.454 e. The normalized spacial score (nSPS) is 30.1. The fraction of sp³-hybridized carbons (Fsp3) is 0.667. The summed E-state index contributed by atoms with van der Waals surface area (Å²) in [6.07, 6.45) is 4.96. The predicted octanol–water partition coefficient (Wildman–Crippen LogP) is -0.606. The highest BCUT2D eigenvalue weighted by Crippen LogP contribution is 2.32. The van der Waals surface area contributed by atoms with Crippen molar-refractivity contribution in [3.63, 3.8) is 0 Å². The molecule has 0 aromatic heterocycles. The highest BCUT2D eigenvalue weighted by molar-refractivity contribution is 5.77. The van der Waals surface area contributed by atoms with Crippen molar-refractivity contribution in [2.45, 2.75) is 45.2 Å². The summed E-state index contributed by atoms with van der Waals surface area (Å²) < 4.78 is 10.9. The number of quaternary nitrogens is 2. The zero-order valence-corrected chi connectivity index (χ0v) is 16.4. The molecule has 0 unspecified atom stereocenters. The summed E-state index contributed by atoms with van der Waals surface area (Å²) in [6, 6.07) is 6.64. The van der Waals surface area contributed by atoms with Crippen LogP contribution < -0.4 is 24.6 Å². The number of carbonyl (C=O) groups is 1.